The molecule has 0 aliphatic heterocycles. The van der Waals surface area contributed by atoms with Gasteiger partial charge in [0.2, 0.25) is 0 Å². The number of rotatable bonds is 6. The number of hydrogen-bond donors (Lipinski definition) is 0. The maximum atomic E-state index is 12.6. The Morgan fingerprint density at radius 3 is 2.41 bits per heavy atom. The average Bonchev–Trinajstić information content (AvgIpc) is 3.06. The third-order valence-electron chi connectivity index (χ3n) is 4.90. The van der Waals surface area contributed by atoms with E-state index in [0.717, 1.165) is 11.3 Å². The van der Waals surface area contributed by atoms with Gasteiger partial charge in [0.25, 0.3) is 0 Å². The van der Waals surface area contributed by atoms with Crippen LogP contribution in [0.2, 0.25) is 0 Å². The fourth-order valence-corrected chi connectivity index (χ4v) is 3.87. The highest BCUT2D eigenvalue weighted by Gasteiger charge is 2.75. The molecule has 0 saturated heterocycles. The molecule has 3 rings (SSSR count). The molecule has 0 radical (unpaired) electrons. The van der Waals surface area contributed by atoms with Crippen molar-refractivity contribution in [2.75, 3.05) is 0 Å². The maximum Gasteiger partial charge on any atom is 0.328 e. The van der Waals surface area contributed by atoms with Crippen molar-refractivity contribution in [3.63, 3.8) is 0 Å². The minimum absolute atomic E-state index is 0.0918. The number of hydrogen-bond acceptors (Lipinski definition) is 3. The van der Waals surface area contributed by atoms with E-state index in [1.807, 2.05) is 68.4 Å². The van der Waals surface area contributed by atoms with Crippen LogP contribution in [0, 0.1) is 11.3 Å². The Labute approximate surface area is 173 Å². The van der Waals surface area contributed by atoms with Gasteiger partial charge in [-0.1, -0.05) is 67.4 Å². The number of carbonyl (C=O) groups excluding carboxylic acids is 1. The number of allylic oxidation sites excluding steroid dienone is 1. The molecule has 3 nitrogen and oxygen atoms in total. The molecule has 1 saturated carbocycles. The molecule has 0 N–H and O–H groups in total. The highest BCUT2D eigenvalue weighted by atomic mass is 35.5. The van der Waals surface area contributed by atoms with Crippen molar-refractivity contribution < 1.29 is 14.3 Å². The fraction of sp³-hybridized carbons (Fsp3) is 0.286. The molecule has 2 unspecified atom stereocenters. The summed E-state index contributed by atoms with van der Waals surface area (Å²) in [4.78, 5) is 11.4. The summed E-state index contributed by atoms with van der Waals surface area (Å²) in [6.45, 7) is 3.86. The van der Waals surface area contributed by atoms with Crippen molar-refractivity contribution in [3.05, 3.63) is 70.7 Å². The van der Waals surface area contributed by atoms with Gasteiger partial charge in [-0.15, -0.1) is 11.6 Å². The minimum atomic E-state index is -1.17. The lowest BCUT2D eigenvalue weighted by molar-refractivity contribution is -0.146. The summed E-state index contributed by atoms with van der Waals surface area (Å²) in [5, 5.41) is 0. The van der Waals surface area contributed by atoms with Crippen LogP contribution in [0.1, 0.15) is 19.4 Å². The first kappa shape index (κ1) is 20.1. The van der Waals surface area contributed by atoms with E-state index in [4.69, 9.17) is 44.3 Å². The van der Waals surface area contributed by atoms with Gasteiger partial charge in [0.05, 0.1) is 0 Å². The van der Waals surface area contributed by atoms with E-state index < -0.39 is 16.3 Å². The van der Waals surface area contributed by atoms with E-state index in [0.29, 0.717) is 5.75 Å². The van der Waals surface area contributed by atoms with Crippen LogP contribution in [-0.4, -0.2) is 10.8 Å². The fourth-order valence-electron chi connectivity index (χ4n) is 3.17. The smallest absolute Gasteiger partial charge is 0.328 e. The van der Waals surface area contributed by atoms with E-state index in [9.17, 15) is 4.79 Å². The Kier molecular flexibility index (Phi) is 5.76. The zero-order valence-electron chi connectivity index (χ0n) is 14.9. The van der Waals surface area contributed by atoms with Gasteiger partial charge < -0.3 is 9.47 Å². The van der Waals surface area contributed by atoms with E-state index in [2.05, 4.69) is 0 Å². The van der Waals surface area contributed by atoms with E-state index >= 15 is 0 Å². The van der Waals surface area contributed by atoms with E-state index in [1.165, 1.54) is 0 Å². The molecule has 0 aromatic heterocycles. The lowest BCUT2D eigenvalue weighted by atomic mass is 10.1. The normalized spacial score (nSPS) is 22.6. The molecule has 2 aromatic rings. The molecule has 6 heteroatoms. The largest absolute Gasteiger partial charge is 0.459 e. The molecule has 1 aliphatic rings. The third-order valence-corrected chi connectivity index (χ3v) is 6.03. The van der Waals surface area contributed by atoms with Gasteiger partial charge in [0.15, 0.2) is 4.87 Å². The summed E-state index contributed by atoms with van der Waals surface area (Å²) in [6.07, 6.45) is 1.59. The number of para-hydroxylation sites is 1. The second-order valence-electron chi connectivity index (χ2n) is 7.01. The standard InChI is InChI=1S/C21H19Cl3O3/c1-20(2)17(12-18(22)23)21(20,24)19(25)26-13-14-7-6-10-16(11-14)27-15-8-4-3-5-9-15/h3-12,17H,13H2,1-2H3. The van der Waals surface area contributed by atoms with Gasteiger partial charge in [-0.2, -0.15) is 0 Å². The molecule has 0 spiro atoms. The van der Waals surface area contributed by atoms with Gasteiger partial charge in [0, 0.05) is 11.3 Å². The molecular formula is C21H19Cl3O3. The molecule has 142 valence electrons. The first-order valence-electron chi connectivity index (χ1n) is 8.46. The summed E-state index contributed by atoms with van der Waals surface area (Å²) in [6, 6.07) is 16.8. The zero-order chi connectivity index (χ0) is 19.7. The van der Waals surface area contributed by atoms with E-state index in [1.54, 1.807) is 6.08 Å². The Balaban J connectivity index is 1.64. The van der Waals surface area contributed by atoms with Gasteiger partial charge in [-0.05, 0) is 35.9 Å². The van der Waals surface area contributed by atoms with Gasteiger partial charge in [-0.3, -0.25) is 4.79 Å². The first-order valence-corrected chi connectivity index (χ1v) is 9.59. The monoisotopic (exact) mass is 424 g/mol. The van der Waals surface area contributed by atoms with Crippen LogP contribution in [0.5, 0.6) is 11.5 Å². The number of esters is 1. The lowest BCUT2D eigenvalue weighted by Crippen LogP contribution is -2.25. The summed E-state index contributed by atoms with van der Waals surface area (Å²) < 4.78 is 11.4. The summed E-state index contributed by atoms with van der Waals surface area (Å²) >= 11 is 18.0. The van der Waals surface area contributed by atoms with Crippen LogP contribution in [0.25, 0.3) is 0 Å². The molecule has 2 atom stereocenters. The van der Waals surface area contributed by atoms with Crippen molar-refractivity contribution in [2.45, 2.75) is 25.3 Å². The summed E-state index contributed by atoms with van der Waals surface area (Å²) in [5.41, 5.74) is 0.317. The van der Waals surface area contributed by atoms with Crippen molar-refractivity contribution in [1.29, 1.82) is 0 Å². The molecule has 1 aliphatic carbocycles. The van der Waals surface area contributed by atoms with Crippen LogP contribution in [0.3, 0.4) is 0 Å². The quantitative estimate of drug-likeness (QED) is 0.393. The Morgan fingerprint density at radius 1 is 1.07 bits per heavy atom. The van der Waals surface area contributed by atoms with Crippen LogP contribution in [-0.2, 0) is 16.1 Å². The molecule has 2 aromatic carbocycles. The minimum Gasteiger partial charge on any atom is -0.459 e. The lowest BCUT2D eigenvalue weighted by Gasteiger charge is -2.13. The molecule has 0 bridgehead atoms. The summed E-state index contributed by atoms with van der Waals surface area (Å²) in [7, 11) is 0. The molecule has 1 fully saturated rings. The Morgan fingerprint density at radius 2 is 1.74 bits per heavy atom. The predicted octanol–water partition coefficient (Wildman–Crippen LogP) is 6.47. The highest BCUT2D eigenvalue weighted by Crippen LogP contribution is 2.67. The van der Waals surface area contributed by atoms with Gasteiger partial charge in [-0.25, -0.2) is 0 Å². The first-order chi connectivity index (χ1) is 12.7. The third kappa shape index (κ3) is 4.11. The second kappa shape index (κ2) is 7.75. The SMILES string of the molecule is CC1(C)C(C=C(Cl)Cl)C1(Cl)C(=O)OCc1cccc(Oc2ccccc2)c1. The average molecular weight is 426 g/mol. The molecule has 0 heterocycles. The maximum absolute atomic E-state index is 12.6. The van der Waals surface area contributed by atoms with Crippen LogP contribution in [0.15, 0.2) is 65.2 Å². The number of alkyl halides is 1. The van der Waals surface area contributed by atoms with Gasteiger partial charge >= 0.3 is 5.97 Å². The molecular weight excluding hydrogens is 407 g/mol. The van der Waals surface area contributed by atoms with Crippen molar-refractivity contribution in [2.24, 2.45) is 11.3 Å². The highest BCUT2D eigenvalue weighted by molar-refractivity contribution is 6.56. The second-order valence-corrected chi connectivity index (χ2v) is 8.61. The number of halogens is 3. The number of carbonyl (C=O) groups is 1. The van der Waals surface area contributed by atoms with Crippen molar-refractivity contribution >= 4 is 40.8 Å². The zero-order valence-corrected chi connectivity index (χ0v) is 17.2. The Hall–Kier alpha value is -1.68. The topological polar surface area (TPSA) is 35.5 Å². The summed E-state index contributed by atoms with van der Waals surface area (Å²) in [5.74, 6) is 0.631. The Bertz CT molecular complexity index is 860. The van der Waals surface area contributed by atoms with Crippen LogP contribution in [0.4, 0.5) is 0 Å². The van der Waals surface area contributed by atoms with Crippen LogP contribution < -0.4 is 4.74 Å². The van der Waals surface area contributed by atoms with E-state index in [-0.39, 0.29) is 17.0 Å². The van der Waals surface area contributed by atoms with Crippen molar-refractivity contribution in [1.82, 2.24) is 0 Å². The van der Waals surface area contributed by atoms with Crippen LogP contribution >= 0.6 is 34.8 Å². The van der Waals surface area contributed by atoms with Gasteiger partial charge in [0.1, 0.15) is 22.6 Å². The molecule has 0 amide bonds. The predicted molar refractivity (Wildman–Crippen MR) is 108 cm³/mol. The number of ether oxygens (including phenoxy) is 2. The van der Waals surface area contributed by atoms with Crippen molar-refractivity contribution in [3.8, 4) is 11.5 Å². The number of benzene rings is 2. The molecule has 27 heavy (non-hydrogen) atoms.